The molecule has 1 aromatic heterocycles. The number of nitrogens with two attached hydrogens (primary N) is 1. The predicted molar refractivity (Wildman–Crippen MR) is 46.5 cm³/mol. The summed E-state index contributed by atoms with van der Waals surface area (Å²) in [7, 11) is 1.88. The van der Waals surface area contributed by atoms with Gasteiger partial charge >= 0.3 is 0 Å². The Morgan fingerprint density at radius 3 is 3.00 bits per heavy atom. The van der Waals surface area contributed by atoms with Gasteiger partial charge in [-0.2, -0.15) is 5.10 Å². The zero-order chi connectivity index (χ0) is 8.97. The van der Waals surface area contributed by atoms with Crippen molar-refractivity contribution in [3.63, 3.8) is 0 Å². The van der Waals surface area contributed by atoms with Crippen molar-refractivity contribution >= 4 is 0 Å². The maximum absolute atomic E-state index is 8.63. The molecule has 0 radical (unpaired) electrons. The maximum atomic E-state index is 8.63. The van der Waals surface area contributed by atoms with Crippen molar-refractivity contribution < 1.29 is 5.11 Å². The van der Waals surface area contributed by atoms with Crippen molar-refractivity contribution in [2.75, 3.05) is 6.61 Å². The van der Waals surface area contributed by atoms with Crippen LogP contribution in [0.25, 0.3) is 0 Å². The zero-order valence-corrected chi connectivity index (χ0v) is 7.32. The summed E-state index contributed by atoms with van der Waals surface area (Å²) in [4.78, 5) is 0. The summed E-state index contributed by atoms with van der Waals surface area (Å²) in [5.41, 5.74) is 7.60. The first kappa shape index (κ1) is 9.22. The van der Waals surface area contributed by atoms with Crippen molar-refractivity contribution in [2.24, 2.45) is 12.8 Å². The molecule has 0 saturated carbocycles. The molecule has 0 aliphatic heterocycles. The lowest BCUT2D eigenvalue weighted by Gasteiger charge is -1.96. The Morgan fingerprint density at radius 1 is 1.67 bits per heavy atom. The van der Waals surface area contributed by atoms with Gasteiger partial charge in [0.15, 0.2) is 0 Å². The topological polar surface area (TPSA) is 64.1 Å². The van der Waals surface area contributed by atoms with E-state index in [9.17, 15) is 0 Å². The van der Waals surface area contributed by atoms with E-state index >= 15 is 0 Å². The highest BCUT2D eigenvalue weighted by atomic mass is 16.2. The van der Waals surface area contributed by atoms with Gasteiger partial charge in [-0.15, -0.1) is 0 Å². The molecule has 3 N–H and O–H groups in total. The standard InChI is InChI=1S/C8H15N3O/c1-11-6-7(5-9)8(10-11)3-2-4-12/h6,12H,2-5,9H2,1H3. The van der Waals surface area contributed by atoms with Crippen LogP contribution in [0.5, 0.6) is 0 Å². The second kappa shape index (κ2) is 4.23. The fourth-order valence-corrected chi connectivity index (χ4v) is 1.21. The van der Waals surface area contributed by atoms with Crippen LogP contribution >= 0.6 is 0 Å². The van der Waals surface area contributed by atoms with E-state index in [1.54, 1.807) is 4.68 Å². The molecule has 12 heavy (non-hydrogen) atoms. The van der Waals surface area contributed by atoms with Crippen molar-refractivity contribution in [3.8, 4) is 0 Å². The molecule has 4 heteroatoms. The van der Waals surface area contributed by atoms with Gasteiger partial charge in [0.1, 0.15) is 0 Å². The first-order valence-electron chi connectivity index (χ1n) is 4.10. The lowest BCUT2D eigenvalue weighted by molar-refractivity contribution is 0.288. The quantitative estimate of drug-likeness (QED) is 0.656. The smallest absolute Gasteiger partial charge is 0.0670 e. The number of aryl methyl sites for hydroxylation is 2. The van der Waals surface area contributed by atoms with E-state index < -0.39 is 0 Å². The Labute approximate surface area is 72.0 Å². The van der Waals surface area contributed by atoms with Gasteiger partial charge in [-0.05, 0) is 12.8 Å². The van der Waals surface area contributed by atoms with Gasteiger partial charge in [0.05, 0.1) is 5.69 Å². The Hall–Kier alpha value is -0.870. The summed E-state index contributed by atoms with van der Waals surface area (Å²) >= 11 is 0. The molecule has 0 unspecified atom stereocenters. The third-order valence-electron chi connectivity index (χ3n) is 1.78. The highest BCUT2D eigenvalue weighted by molar-refractivity contribution is 5.16. The van der Waals surface area contributed by atoms with Crippen molar-refractivity contribution in [1.82, 2.24) is 9.78 Å². The number of rotatable bonds is 4. The maximum Gasteiger partial charge on any atom is 0.0670 e. The summed E-state index contributed by atoms with van der Waals surface area (Å²) in [6.45, 7) is 0.731. The Bertz CT molecular complexity index is 244. The number of nitrogens with zero attached hydrogens (tertiary/aromatic N) is 2. The van der Waals surface area contributed by atoms with E-state index in [4.69, 9.17) is 10.8 Å². The highest BCUT2D eigenvalue weighted by Crippen LogP contribution is 2.07. The van der Waals surface area contributed by atoms with Gasteiger partial charge in [-0.1, -0.05) is 0 Å². The van der Waals surface area contributed by atoms with Crippen LogP contribution in [-0.4, -0.2) is 21.5 Å². The molecule has 1 rings (SSSR count). The molecule has 0 aromatic carbocycles. The van der Waals surface area contributed by atoms with Gasteiger partial charge in [0.25, 0.3) is 0 Å². The van der Waals surface area contributed by atoms with E-state index in [0.29, 0.717) is 6.54 Å². The number of hydrogen-bond acceptors (Lipinski definition) is 3. The molecule has 0 atom stereocenters. The summed E-state index contributed by atoms with van der Waals surface area (Å²) < 4.78 is 1.76. The Kier molecular flexibility index (Phi) is 3.25. The molecule has 0 fully saturated rings. The third kappa shape index (κ3) is 2.06. The Morgan fingerprint density at radius 2 is 2.42 bits per heavy atom. The lowest BCUT2D eigenvalue weighted by atomic mass is 10.1. The molecule has 68 valence electrons. The van der Waals surface area contributed by atoms with E-state index in [-0.39, 0.29) is 6.61 Å². The van der Waals surface area contributed by atoms with Crippen LogP contribution in [0.1, 0.15) is 17.7 Å². The number of aliphatic hydroxyl groups excluding tert-OH is 1. The second-order valence-corrected chi connectivity index (χ2v) is 2.81. The van der Waals surface area contributed by atoms with Crippen molar-refractivity contribution in [3.05, 3.63) is 17.5 Å². The van der Waals surface area contributed by atoms with E-state index in [1.807, 2.05) is 13.2 Å². The fraction of sp³-hybridized carbons (Fsp3) is 0.625. The van der Waals surface area contributed by atoms with Crippen LogP contribution in [0.2, 0.25) is 0 Å². The van der Waals surface area contributed by atoms with E-state index in [0.717, 1.165) is 24.1 Å². The van der Waals surface area contributed by atoms with Crippen molar-refractivity contribution in [2.45, 2.75) is 19.4 Å². The highest BCUT2D eigenvalue weighted by Gasteiger charge is 2.04. The zero-order valence-electron chi connectivity index (χ0n) is 7.32. The van der Waals surface area contributed by atoms with Crippen LogP contribution < -0.4 is 5.73 Å². The number of hydrogen-bond donors (Lipinski definition) is 2. The predicted octanol–water partition coefficient (Wildman–Crippen LogP) is -0.196. The van der Waals surface area contributed by atoms with E-state index in [1.165, 1.54) is 0 Å². The molecule has 0 bridgehead atoms. The van der Waals surface area contributed by atoms with Crippen molar-refractivity contribution in [1.29, 1.82) is 0 Å². The molecule has 0 spiro atoms. The monoisotopic (exact) mass is 169 g/mol. The number of aliphatic hydroxyl groups is 1. The van der Waals surface area contributed by atoms with Gasteiger partial charge in [0.2, 0.25) is 0 Å². The van der Waals surface area contributed by atoms with Gasteiger partial charge in [0, 0.05) is 32.0 Å². The van der Waals surface area contributed by atoms with Crippen LogP contribution in [0.15, 0.2) is 6.20 Å². The SMILES string of the molecule is Cn1cc(CN)c(CCCO)n1. The first-order valence-corrected chi connectivity index (χ1v) is 4.10. The molecule has 4 nitrogen and oxygen atoms in total. The van der Waals surface area contributed by atoms with Crippen LogP contribution in [0.4, 0.5) is 0 Å². The second-order valence-electron chi connectivity index (χ2n) is 2.81. The first-order chi connectivity index (χ1) is 5.77. The van der Waals surface area contributed by atoms with Gasteiger partial charge < -0.3 is 10.8 Å². The fourth-order valence-electron chi connectivity index (χ4n) is 1.21. The lowest BCUT2D eigenvalue weighted by Crippen LogP contribution is -2.00. The molecule has 1 heterocycles. The molecule has 0 amide bonds. The summed E-state index contributed by atoms with van der Waals surface area (Å²) in [6.07, 6.45) is 3.49. The average molecular weight is 169 g/mol. The molecule has 1 aromatic rings. The van der Waals surface area contributed by atoms with Gasteiger partial charge in [-0.25, -0.2) is 0 Å². The molecule has 0 aliphatic rings. The minimum Gasteiger partial charge on any atom is -0.396 e. The third-order valence-corrected chi connectivity index (χ3v) is 1.78. The normalized spacial score (nSPS) is 10.6. The summed E-state index contributed by atoms with van der Waals surface area (Å²) in [6, 6.07) is 0. The van der Waals surface area contributed by atoms with Crippen LogP contribution in [0.3, 0.4) is 0 Å². The molecule has 0 aliphatic carbocycles. The molecule has 0 saturated heterocycles. The minimum absolute atomic E-state index is 0.209. The molecular formula is C8H15N3O. The molecular weight excluding hydrogens is 154 g/mol. The Balaban J connectivity index is 2.68. The van der Waals surface area contributed by atoms with E-state index in [2.05, 4.69) is 5.10 Å². The van der Waals surface area contributed by atoms with Gasteiger partial charge in [-0.3, -0.25) is 4.68 Å². The summed E-state index contributed by atoms with van der Waals surface area (Å²) in [5.74, 6) is 0. The van der Waals surface area contributed by atoms with Crippen LogP contribution in [-0.2, 0) is 20.0 Å². The number of aromatic nitrogens is 2. The summed E-state index contributed by atoms with van der Waals surface area (Å²) in [5, 5.41) is 12.9. The van der Waals surface area contributed by atoms with Crippen LogP contribution in [0, 0.1) is 0 Å². The average Bonchev–Trinajstić information content (AvgIpc) is 2.42. The minimum atomic E-state index is 0.209. The largest absolute Gasteiger partial charge is 0.396 e.